The van der Waals surface area contributed by atoms with Crippen molar-refractivity contribution in [2.24, 2.45) is 0 Å². The number of rotatable bonds is 10. The van der Waals surface area contributed by atoms with Gasteiger partial charge in [-0.3, -0.25) is 0 Å². The number of hydrogen-bond donors (Lipinski definition) is 1. The van der Waals surface area contributed by atoms with Gasteiger partial charge in [0.1, 0.15) is 0 Å². The molecule has 0 aliphatic carbocycles. The van der Waals surface area contributed by atoms with E-state index in [1.54, 1.807) is 7.11 Å². The zero-order valence-electron chi connectivity index (χ0n) is 11.6. The normalized spacial score (nSPS) is 12.4. The van der Waals surface area contributed by atoms with Crippen LogP contribution in [0.15, 0.2) is 0 Å². The maximum Gasteiger partial charge on any atom is 0.0644 e. The molecule has 0 rings (SSSR count). The highest BCUT2D eigenvalue weighted by molar-refractivity contribution is 4.67. The molecule has 1 N–H and O–H groups in total. The van der Waals surface area contributed by atoms with E-state index in [1.165, 1.54) is 12.8 Å². The van der Waals surface area contributed by atoms with Gasteiger partial charge in [0.05, 0.1) is 12.2 Å². The molecule has 0 unspecified atom stereocenters. The lowest BCUT2D eigenvalue weighted by molar-refractivity contribution is -0.00952. The van der Waals surface area contributed by atoms with Gasteiger partial charge in [-0.15, -0.1) is 0 Å². The number of hydrogen-bond acceptors (Lipinski definition) is 3. The fourth-order valence-electron chi connectivity index (χ4n) is 1.43. The summed E-state index contributed by atoms with van der Waals surface area (Å²) in [5.41, 5.74) is -0.0667. The van der Waals surface area contributed by atoms with Crippen molar-refractivity contribution in [2.75, 3.05) is 26.9 Å². The third-order valence-electron chi connectivity index (χ3n) is 3.07. The maximum absolute atomic E-state index is 5.57. The molecule has 0 aromatic heterocycles. The van der Waals surface area contributed by atoms with E-state index >= 15 is 0 Å². The van der Waals surface area contributed by atoms with Crippen molar-refractivity contribution in [1.29, 1.82) is 0 Å². The highest BCUT2D eigenvalue weighted by atomic mass is 16.5. The van der Waals surface area contributed by atoms with E-state index in [-0.39, 0.29) is 5.60 Å². The van der Waals surface area contributed by atoms with Crippen LogP contribution in [0.25, 0.3) is 0 Å². The van der Waals surface area contributed by atoms with Crippen molar-refractivity contribution >= 4 is 0 Å². The molecule has 0 aliphatic rings. The van der Waals surface area contributed by atoms with E-state index in [1.807, 2.05) is 0 Å². The van der Waals surface area contributed by atoms with Crippen molar-refractivity contribution in [3.05, 3.63) is 0 Å². The summed E-state index contributed by atoms with van der Waals surface area (Å²) >= 11 is 0. The SMILES string of the molecule is CCC(CC)NCCOCCC(C)(C)OC. The number of nitrogens with one attached hydrogen (secondary N) is 1. The Balaban J connectivity index is 3.34. The summed E-state index contributed by atoms with van der Waals surface area (Å²) in [6, 6.07) is 0.638. The molecule has 0 aromatic rings. The predicted molar refractivity (Wildman–Crippen MR) is 68.9 cm³/mol. The summed E-state index contributed by atoms with van der Waals surface area (Å²) in [5, 5.41) is 3.47. The van der Waals surface area contributed by atoms with Crippen LogP contribution in [0.1, 0.15) is 47.0 Å². The van der Waals surface area contributed by atoms with E-state index in [0.717, 1.165) is 26.2 Å². The van der Waals surface area contributed by atoms with Crippen LogP contribution in [-0.2, 0) is 9.47 Å². The average Bonchev–Trinajstić information content (AvgIpc) is 2.28. The molecule has 0 saturated carbocycles. The summed E-state index contributed by atoms with van der Waals surface area (Å²) in [7, 11) is 1.74. The number of ether oxygens (including phenoxy) is 2. The Bertz CT molecular complexity index is 156. The van der Waals surface area contributed by atoms with E-state index in [0.29, 0.717) is 6.04 Å². The van der Waals surface area contributed by atoms with Crippen LogP contribution in [0, 0.1) is 0 Å². The second-order valence-corrected chi connectivity index (χ2v) is 4.79. The lowest BCUT2D eigenvalue weighted by atomic mass is 10.1. The molecular weight excluding hydrogens is 202 g/mol. The van der Waals surface area contributed by atoms with Gasteiger partial charge in [-0.2, -0.15) is 0 Å². The Hall–Kier alpha value is -0.120. The lowest BCUT2D eigenvalue weighted by Crippen LogP contribution is -2.31. The highest BCUT2D eigenvalue weighted by Gasteiger charge is 2.15. The van der Waals surface area contributed by atoms with Crippen LogP contribution in [-0.4, -0.2) is 38.5 Å². The van der Waals surface area contributed by atoms with Gasteiger partial charge in [0.2, 0.25) is 0 Å². The van der Waals surface area contributed by atoms with E-state index < -0.39 is 0 Å². The van der Waals surface area contributed by atoms with Gasteiger partial charge in [-0.25, -0.2) is 0 Å². The molecule has 0 aromatic carbocycles. The average molecular weight is 231 g/mol. The molecule has 0 atom stereocenters. The van der Waals surface area contributed by atoms with Gasteiger partial charge in [-0.05, 0) is 33.1 Å². The van der Waals surface area contributed by atoms with E-state index in [9.17, 15) is 0 Å². The van der Waals surface area contributed by atoms with E-state index in [4.69, 9.17) is 9.47 Å². The maximum atomic E-state index is 5.57. The third-order valence-corrected chi connectivity index (χ3v) is 3.07. The van der Waals surface area contributed by atoms with Gasteiger partial charge < -0.3 is 14.8 Å². The molecule has 0 radical (unpaired) electrons. The molecule has 0 aliphatic heterocycles. The van der Waals surface area contributed by atoms with Crippen LogP contribution in [0.3, 0.4) is 0 Å². The standard InChI is InChI=1S/C13H29NO2/c1-6-12(7-2)14-9-11-16-10-8-13(3,4)15-5/h12,14H,6-11H2,1-5H3. The first kappa shape index (κ1) is 15.9. The quantitative estimate of drug-likeness (QED) is 0.586. The van der Waals surface area contributed by atoms with Crippen molar-refractivity contribution in [3.63, 3.8) is 0 Å². The van der Waals surface area contributed by atoms with Crippen LogP contribution < -0.4 is 5.32 Å². The van der Waals surface area contributed by atoms with Crippen molar-refractivity contribution in [2.45, 2.75) is 58.6 Å². The second kappa shape index (κ2) is 8.97. The van der Waals surface area contributed by atoms with Gasteiger partial charge in [0.15, 0.2) is 0 Å². The molecule has 98 valence electrons. The first-order chi connectivity index (χ1) is 7.55. The topological polar surface area (TPSA) is 30.5 Å². The molecule has 0 fully saturated rings. The Morgan fingerprint density at radius 2 is 1.75 bits per heavy atom. The van der Waals surface area contributed by atoms with Crippen molar-refractivity contribution in [3.8, 4) is 0 Å². The van der Waals surface area contributed by atoms with E-state index in [2.05, 4.69) is 33.0 Å². The molecular formula is C13H29NO2. The summed E-state index contributed by atoms with van der Waals surface area (Å²) < 4.78 is 10.9. The van der Waals surface area contributed by atoms with Crippen molar-refractivity contribution in [1.82, 2.24) is 5.32 Å². The molecule has 0 saturated heterocycles. The number of methoxy groups -OCH3 is 1. The summed E-state index contributed by atoms with van der Waals surface area (Å²) in [4.78, 5) is 0. The summed E-state index contributed by atoms with van der Waals surface area (Å²) in [6.07, 6.45) is 3.31. The van der Waals surface area contributed by atoms with Crippen molar-refractivity contribution < 1.29 is 9.47 Å². The Kier molecular flexibility index (Phi) is 8.90. The van der Waals surface area contributed by atoms with Gasteiger partial charge >= 0.3 is 0 Å². The van der Waals surface area contributed by atoms with Gasteiger partial charge in [0.25, 0.3) is 0 Å². The molecule has 16 heavy (non-hydrogen) atoms. The highest BCUT2D eigenvalue weighted by Crippen LogP contribution is 2.12. The van der Waals surface area contributed by atoms with Gasteiger partial charge in [0, 0.05) is 26.3 Å². The van der Waals surface area contributed by atoms with Crippen LogP contribution in [0.5, 0.6) is 0 Å². The van der Waals surface area contributed by atoms with Gasteiger partial charge in [-0.1, -0.05) is 13.8 Å². The fourth-order valence-corrected chi connectivity index (χ4v) is 1.43. The Morgan fingerprint density at radius 1 is 1.12 bits per heavy atom. The molecule has 0 heterocycles. The lowest BCUT2D eigenvalue weighted by Gasteiger charge is -2.22. The summed E-state index contributed by atoms with van der Waals surface area (Å²) in [6.45, 7) is 11.1. The Labute approximate surface area is 101 Å². The smallest absolute Gasteiger partial charge is 0.0644 e. The largest absolute Gasteiger partial charge is 0.380 e. The third kappa shape index (κ3) is 8.08. The van der Waals surface area contributed by atoms with Crippen LogP contribution in [0.4, 0.5) is 0 Å². The minimum absolute atomic E-state index is 0.0667. The van der Waals surface area contributed by atoms with Crippen LogP contribution in [0.2, 0.25) is 0 Å². The molecule has 3 nitrogen and oxygen atoms in total. The molecule has 0 spiro atoms. The first-order valence-electron chi connectivity index (χ1n) is 6.42. The monoisotopic (exact) mass is 231 g/mol. The fraction of sp³-hybridized carbons (Fsp3) is 1.00. The minimum Gasteiger partial charge on any atom is -0.380 e. The Morgan fingerprint density at radius 3 is 2.25 bits per heavy atom. The minimum atomic E-state index is -0.0667. The first-order valence-corrected chi connectivity index (χ1v) is 6.42. The second-order valence-electron chi connectivity index (χ2n) is 4.79. The summed E-state index contributed by atoms with van der Waals surface area (Å²) in [5.74, 6) is 0. The predicted octanol–water partition coefficient (Wildman–Crippen LogP) is 2.60. The van der Waals surface area contributed by atoms with Crippen LogP contribution >= 0.6 is 0 Å². The zero-order chi connectivity index (χ0) is 12.4. The zero-order valence-corrected chi connectivity index (χ0v) is 11.6. The molecule has 0 bridgehead atoms. The molecule has 3 heteroatoms. The molecule has 0 amide bonds.